The number of nitro groups is 1. The Morgan fingerprint density at radius 2 is 2.16 bits per heavy atom. The van der Waals surface area contributed by atoms with Crippen LogP contribution in [0, 0.1) is 15.9 Å². The van der Waals surface area contributed by atoms with E-state index in [4.69, 9.17) is 5.73 Å². The summed E-state index contributed by atoms with van der Waals surface area (Å²) < 4.78 is 36.1. The molecule has 0 saturated carbocycles. The number of carbonyl (C=O) groups is 1. The first-order valence-corrected chi connectivity index (χ1v) is 6.08. The number of carbonyl (C=O) groups excluding carboxylic acids is 1. The van der Waals surface area contributed by atoms with Crippen LogP contribution in [0.15, 0.2) is 23.1 Å². The summed E-state index contributed by atoms with van der Waals surface area (Å²) in [5.41, 5.74) is 3.74. The fraction of sp³-hybridized carbons (Fsp3) is 0.125. The minimum absolute atomic E-state index is 0.447. The van der Waals surface area contributed by atoms with E-state index in [9.17, 15) is 27.7 Å². The van der Waals surface area contributed by atoms with Crippen LogP contribution in [-0.2, 0) is 19.7 Å². The second kappa shape index (κ2) is 5.69. The molecule has 11 heteroatoms. The van der Waals surface area contributed by atoms with Gasteiger partial charge >= 0.3 is 0 Å². The fourth-order valence-electron chi connectivity index (χ4n) is 1.08. The molecule has 0 spiro atoms. The molecule has 0 fully saturated rings. The van der Waals surface area contributed by atoms with Crippen molar-refractivity contribution in [1.82, 2.24) is 4.89 Å². The molecule has 0 aliphatic heterocycles. The van der Waals surface area contributed by atoms with Gasteiger partial charge in [-0.3, -0.25) is 19.7 Å². The molecule has 0 aliphatic carbocycles. The van der Waals surface area contributed by atoms with Gasteiger partial charge in [0.15, 0.2) is 4.90 Å². The van der Waals surface area contributed by atoms with Crippen LogP contribution < -0.4 is 10.6 Å². The van der Waals surface area contributed by atoms with E-state index in [0.717, 1.165) is 6.07 Å². The second-order valence-electron chi connectivity index (χ2n) is 3.21. The van der Waals surface area contributed by atoms with E-state index >= 15 is 0 Å². The van der Waals surface area contributed by atoms with Crippen LogP contribution in [0.25, 0.3) is 0 Å². The number of primary amides is 1. The largest absolute Gasteiger partial charge is 0.368 e. The smallest absolute Gasteiger partial charge is 0.292 e. The van der Waals surface area contributed by atoms with Crippen molar-refractivity contribution in [2.75, 3.05) is 6.61 Å². The van der Waals surface area contributed by atoms with Gasteiger partial charge in [0.2, 0.25) is 5.91 Å². The van der Waals surface area contributed by atoms with E-state index in [1.807, 2.05) is 0 Å². The Labute approximate surface area is 106 Å². The molecule has 0 heterocycles. The number of halogens is 1. The van der Waals surface area contributed by atoms with Crippen LogP contribution in [0.5, 0.6) is 0 Å². The summed E-state index contributed by atoms with van der Waals surface area (Å²) in [7, 11) is -4.44. The Kier molecular flexibility index (Phi) is 4.47. The van der Waals surface area contributed by atoms with Gasteiger partial charge in [-0.05, 0) is 12.1 Å². The number of nitrogens with zero attached hydrogens (tertiary/aromatic N) is 1. The number of nitro benzene ring substituents is 1. The third-order valence-corrected chi connectivity index (χ3v) is 3.05. The Balaban J connectivity index is 3.07. The van der Waals surface area contributed by atoms with Gasteiger partial charge in [-0.15, -0.1) is 0 Å². The number of benzene rings is 1. The lowest BCUT2D eigenvalue weighted by Crippen LogP contribution is -2.29. The molecule has 1 amide bonds. The summed E-state index contributed by atoms with van der Waals surface area (Å²) in [4.78, 5) is 24.8. The van der Waals surface area contributed by atoms with Crippen molar-refractivity contribution in [3.05, 3.63) is 34.1 Å². The van der Waals surface area contributed by atoms with Crippen molar-refractivity contribution in [3.8, 4) is 0 Å². The number of nitrogens with two attached hydrogens (primary N) is 1. The Bertz CT molecular complexity index is 617. The lowest BCUT2D eigenvalue weighted by molar-refractivity contribution is -0.388. The molecule has 0 atom stereocenters. The van der Waals surface area contributed by atoms with Gasteiger partial charge in [0.1, 0.15) is 12.4 Å². The standard InChI is InChI=1S/C8H8FN3O6S/c9-5-1-2-7(6(3-5)12(14)15)19(16,17)11-18-4-8(10)13/h1-3,11H,4H2,(H2,10,13). The van der Waals surface area contributed by atoms with Crippen LogP contribution in [0.1, 0.15) is 0 Å². The zero-order valence-corrected chi connectivity index (χ0v) is 10.0. The Morgan fingerprint density at radius 3 is 2.68 bits per heavy atom. The third-order valence-electron chi connectivity index (χ3n) is 1.79. The van der Waals surface area contributed by atoms with Crippen LogP contribution in [-0.4, -0.2) is 25.9 Å². The van der Waals surface area contributed by atoms with Gasteiger partial charge in [0.05, 0.1) is 11.0 Å². The zero-order valence-electron chi connectivity index (χ0n) is 9.20. The summed E-state index contributed by atoms with van der Waals surface area (Å²) in [5, 5.41) is 10.6. The summed E-state index contributed by atoms with van der Waals surface area (Å²) in [6.45, 7) is -0.756. The molecular formula is C8H8FN3O6S. The number of hydrogen-bond acceptors (Lipinski definition) is 6. The Hall–Kier alpha value is -2.11. The van der Waals surface area contributed by atoms with Crippen LogP contribution in [0.3, 0.4) is 0 Å². The second-order valence-corrected chi connectivity index (χ2v) is 4.82. The molecule has 0 bridgehead atoms. The summed E-state index contributed by atoms with van der Waals surface area (Å²) in [5.74, 6) is -1.92. The topological polar surface area (TPSA) is 142 Å². The molecule has 0 radical (unpaired) electrons. The highest BCUT2D eigenvalue weighted by molar-refractivity contribution is 7.89. The average molecular weight is 293 g/mol. The first kappa shape index (κ1) is 14.9. The Morgan fingerprint density at radius 1 is 1.53 bits per heavy atom. The van der Waals surface area contributed by atoms with Crippen molar-refractivity contribution < 1.29 is 27.4 Å². The third kappa shape index (κ3) is 3.94. The van der Waals surface area contributed by atoms with Crippen LogP contribution >= 0.6 is 0 Å². The van der Waals surface area contributed by atoms with Crippen molar-refractivity contribution in [2.45, 2.75) is 4.90 Å². The van der Waals surface area contributed by atoms with Gasteiger partial charge in [-0.25, -0.2) is 12.8 Å². The minimum atomic E-state index is -4.44. The van der Waals surface area contributed by atoms with Crippen LogP contribution in [0.4, 0.5) is 10.1 Å². The van der Waals surface area contributed by atoms with E-state index in [-0.39, 0.29) is 0 Å². The number of sulfonamides is 1. The molecule has 0 aromatic heterocycles. The van der Waals surface area contributed by atoms with Gasteiger partial charge in [-0.1, -0.05) is 4.89 Å². The van der Waals surface area contributed by atoms with Crippen LogP contribution in [0.2, 0.25) is 0 Å². The highest BCUT2D eigenvalue weighted by Crippen LogP contribution is 2.24. The first-order chi connectivity index (χ1) is 8.74. The number of amides is 1. The van der Waals surface area contributed by atoms with E-state index in [1.165, 1.54) is 4.89 Å². The summed E-state index contributed by atoms with van der Waals surface area (Å²) in [6.07, 6.45) is 0. The van der Waals surface area contributed by atoms with E-state index < -0.39 is 43.9 Å². The summed E-state index contributed by atoms with van der Waals surface area (Å²) in [6, 6.07) is 1.88. The molecule has 9 nitrogen and oxygen atoms in total. The average Bonchev–Trinajstić information content (AvgIpc) is 2.27. The zero-order chi connectivity index (χ0) is 14.6. The van der Waals surface area contributed by atoms with Gasteiger partial charge in [0, 0.05) is 0 Å². The van der Waals surface area contributed by atoms with Crippen molar-refractivity contribution in [2.24, 2.45) is 5.73 Å². The maximum absolute atomic E-state index is 12.8. The monoisotopic (exact) mass is 293 g/mol. The number of rotatable bonds is 6. The first-order valence-electron chi connectivity index (χ1n) is 4.60. The summed E-state index contributed by atoms with van der Waals surface area (Å²) >= 11 is 0. The molecular weight excluding hydrogens is 285 g/mol. The molecule has 1 rings (SSSR count). The molecule has 0 aliphatic rings. The molecule has 3 N–H and O–H groups in total. The molecule has 19 heavy (non-hydrogen) atoms. The van der Waals surface area contributed by atoms with Gasteiger partial charge in [-0.2, -0.15) is 0 Å². The number of nitrogens with one attached hydrogen (secondary N) is 1. The number of hydrogen-bond donors (Lipinski definition) is 2. The van der Waals surface area contributed by atoms with E-state index in [2.05, 4.69) is 4.84 Å². The van der Waals surface area contributed by atoms with Crippen molar-refractivity contribution >= 4 is 21.6 Å². The molecule has 1 aromatic rings. The highest BCUT2D eigenvalue weighted by atomic mass is 32.2. The normalized spacial score (nSPS) is 11.2. The molecule has 1 aromatic carbocycles. The minimum Gasteiger partial charge on any atom is -0.368 e. The maximum Gasteiger partial charge on any atom is 0.292 e. The molecule has 104 valence electrons. The predicted molar refractivity (Wildman–Crippen MR) is 58.5 cm³/mol. The fourth-order valence-corrected chi connectivity index (χ4v) is 2.04. The maximum atomic E-state index is 12.8. The molecule has 0 unspecified atom stereocenters. The lowest BCUT2D eigenvalue weighted by Gasteiger charge is -2.06. The SMILES string of the molecule is NC(=O)CONS(=O)(=O)c1ccc(F)cc1[N+](=O)[O-]. The van der Waals surface area contributed by atoms with E-state index in [1.54, 1.807) is 0 Å². The quantitative estimate of drug-likeness (QED) is 0.531. The van der Waals surface area contributed by atoms with E-state index in [0.29, 0.717) is 12.1 Å². The predicted octanol–water partition coefficient (Wildman–Crippen LogP) is -0.571. The van der Waals surface area contributed by atoms with Crippen molar-refractivity contribution in [3.63, 3.8) is 0 Å². The van der Waals surface area contributed by atoms with Gasteiger partial charge in [0.25, 0.3) is 15.7 Å². The highest BCUT2D eigenvalue weighted by Gasteiger charge is 2.26. The lowest BCUT2D eigenvalue weighted by atomic mass is 10.3. The van der Waals surface area contributed by atoms with Crippen molar-refractivity contribution in [1.29, 1.82) is 0 Å². The van der Waals surface area contributed by atoms with Gasteiger partial charge < -0.3 is 5.73 Å². The molecule has 0 saturated heterocycles.